The summed E-state index contributed by atoms with van der Waals surface area (Å²) in [4.78, 5) is 2.29. The maximum Gasteiger partial charge on any atom is 0.128 e. The predicted molar refractivity (Wildman–Crippen MR) is 65.4 cm³/mol. The number of rotatable bonds is 3. The molecule has 16 heavy (non-hydrogen) atoms. The molecule has 1 saturated heterocycles. The summed E-state index contributed by atoms with van der Waals surface area (Å²) in [7, 11) is 1.98. The van der Waals surface area contributed by atoms with E-state index in [0.29, 0.717) is 5.92 Å². The molecule has 88 valence electrons. The van der Waals surface area contributed by atoms with Crippen molar-refractivity contribution in [2.45, 2.75) is 13.3 Å². The third-order valence-corrected chi connectivity index (χ3v) is 3.36. The minimum atomic E-state index is -0.102. The van der Waals surface area contributed by atoms with Crippen molar-refractivity contribution in [3.8, 4) is 0 Å². The molecule has 0 bridgehead atoms. The van der Waals surface area contributed by atoms with Crippen LogP contribution in [0.15, 0.2) is 18.2 Å². The van der Waals surface area contributed by atoms with E-state index in [-0.39, 0.29) is 5.82 Å². The predicted octanol–water partition coefficient (Wildman–Crippen LogP) is 2.18. The molecular formula is C13H19FN2. The van der Waals surface area contributed by atoms with Crippen LogP contribution in [0.3, 0.4) is 0 Å². The quantitative estimate of drug-likeness (QED) is 0.843. The average molecular weight is 222 g/mol. The van der Waals surface area contributed by atoms with Gasteiger partial charge in [-0.3, -0.25) is 0 Å². The van der Waals surface area contributed by atoms with Crippen LogP contribution in [0, 0.1) is 18.7 Å². The van der Waals surface area contributed by atoms with Crippen molar-refractivity contribution < 1.29 is 4.39 Å². The normalized spacial score (nSPS) is 20.4. The van der Waals surface area contributed by atoms with Crippen LogP contribution in [0.2, 0.25) is 0 Å². The summed E-state index contributed by atoms with van der Waals surface area (Å²) >= 11 is 0. The molecule has 1 aromatic carbocycles. The first-order valence-electron chi connectivity index (χ1n) is 5.87. The van der Waals surface area contributed by atoms with Gasteiger partial charge in [0, 0.05) is 24.3 Å². The van der Waals surface area contributed by atoms with Gasteiger partial charge in [0.25, 0.3) is 0 Å². The van der Waals surface area contributed by atoms with Gasteiger partial charge in [-0.2, -0.15) is 0 Å². The SMILES string of the molecule is CNCC1CCN(c2cccc(F)c2C)C1. The Morgan fingerprint density at radius 3 is 3.06 bits per heavy atom. The zero-order valence-electron chi connectivity index (χ0n) is 9.96. The van der Waals surface area contributed by atoms with Gasteiger partial charge >= 0.3 is 0 Å². The van der Waals surface area contributed by atoms with Crippen LogP contribution < -0.4 is 10.2 Å². The molecule has 0 radical (unpaired) electrons. The average Bonchev–Trinajstić information content (AvgIpc) is 2.71. The van der Waals surface area contributed by atoms with Crippen LogP contribution in [-0.2, 0) is 0 Å². The second-order valence-corrected chi connectivity index (χ2v) is 4.54. The Hall–Kier alpha value is -1.09. The van der Waals surface area contributed by atoms with Gasteiger partial charge < -0.3 is 10.2 Å². The van der Waals surface area contributed by atoms with Crippen LogP contribution in [0.1, 0.15) is 12.0 Å². The van der Waals surface area contributed by atoms with Crippen LogP contribution in [0.5, 0.6) is 0 Å². The topological polar surface area (TPSA) is 15.3 Å². The number of halogens is 1. The third kappa shape index (κ3) is 2.19. The van der Waals surface area contributed by atoms with Crippen molar-refractivity contribution in [1.82, 2.24) is 5.32 Å². The van der Waals surface area contributed by atoms with Gasteiger partial charge in [0.1, 0.15) is 5.82 Å². The van der Waals surface area contributed by atoms with Crippen LogP contribution in [0.25, 0.3) is 0 Å². The minimum Gasteiger partial charge on any atom is -0.371 e. The highest BCUT2D eigenvalue weighted by Crippen LogP contribution is 2.27. The van der Waals surface area contributed by atoms with Crippen molar-refractivity contribution in [3.63, 3.8) is 0 Å². The lowest BCUT2D eigenvalue weighted by Gasteiger charge is -2.21. The Labute approximate surface area is 96.5 Å². The number of benzene rings is 1. The first kappa shape index (κ1) is 11.4. The zero-order valence-corrected chi connectivity index (χ0v) is 9.96. The van der Waals surface area contributed by atoms with Gasteiger partial charge in [-0.25, -0.2) is 4.39 Å². The highest BCUT2D eigenvalue weighted by Gasteiger charge is 2.23. The maximum atomic E-state index is 13.4. The summed E-state index contributed by atoms with van der Waals surface area (Å²) in [5, 5.41) is 3.21. The summed E-state index contributed by atoms with van der Waals surface area (Å²) in [6, 6.07) is 5.34. The fourth-order valence-electron chi connectivity index (χ4n) is 2.45. The molecule has 1 atom stereocenters. The summed E-state index contributed by atoms with van der Waals surface area (Å²) in [5.41, 5.74) is 1.83. The third-order valence-electron chi connectivity index (χ3n) is 3.36. The van der Waals surface area contributed by atoms with Gasteiger partial charge in [0.2, 0.25) is 0 Å². The Balaban J connectivity index is 2.11. The molecule has 0 amide bonds. The van der Waals surface area contributed by atoms with Crippen LogP contribution >= 0.6 is 0 Å². The van der Waals surface area contributed by atoms with Crippen molar-refractivity contribution in [2.24, 2.45) is 5.92 Å². The molecule has 1 unspecified atom stereocenters. The number of anilines is 1. The second kappa shape index (κ2) is 4.83. The molecule has 0 aromatic heterocycles. The monoisotopic (exact) mass is 222 g/mol. The van der Waals surface area contributed by atoms with Crippen molar-refractivity contribution in [2.75, 3.05) is 31.6 Å². The molecule has 3 heteroatoms. The molecule has 1 heterocycles. The smallest absolute Gasteiger partial charge is 0.128 e. The first-order valence-corrected chi connectivity index (χ1v) is 5.87. The van der Waals surface area contributed by atoms with Crippen molar-refractivity contribution >= 4 is 5.69 Å². The van der Waals surface area contributed by atoms with E-state index in [4.69, 9.17) is 0 Å². The lowest BCUT2D eigenvalue weighted by atomic mass is 10.1. The molecule has 2 nitrogen and oxygen atoms in total. The molecule has 1 aromatic rings. The Morgan fingerprint density at radius 1 is 1.50 bits per heavy atom. The highest BCUT2D eigenvalue weighted by molar-refractivity contribution is 5.54. The molecule has 1 aliphatic rings. The van der Waals surface area contributed by atoms with Crippen molar-refractivity contribution in [3.05, 3.63) is 29.6 Å². The van der Waals surface area contributed by atoms with Gasteiger partial charge in [-0.05, 0) is 45.0 Å². The lowest BCUT2D eigenvalue weighted by Crippen LogP contribution is -2.24. The fourth-order valence-corrected chi connectivity index (χ4v) is 2.45. The molecule has 1 aliphatic heterocycles. The molecular weight excluding hydrogens is 203 g/mol. The van der Waals surface area contributed by atoms with Gasteiger partial charge in [0.05, 0.1) is 0 Å². The largest absolute Gasteiger partial charge is 0.371 e. The zero-order chi connectivity index (χ0) is 11.5. The van der Waals surface area contributed by atoms with E-state index < -0.39 is 0 Å². The Morgan fingerprint density at radius 2 is 2.31 bits per heavy atom. The molecule has 1 N–H and O–H groups in total. The Kier molecular flexibility index (Phi) is 3.44. The van der Waals surface area contributed by atoms with Crippen molar-refractivity contribution in [1.29, 1.82) is 0 Å². The van der Waals surface area contributed by atoms with E-state index in [2.05, 4.69) is 10.2 Å². The number of nitrogens with zero attached hydrogens (tertiary/aromatic N) is 1. The number of hydrogen-bond donors (Lipinski definition) is 1. The minimum absolute atomic E-state index is 0.102. The highest BCUT2D eigenvalue weighted by atomic mass is 19.1. The first-order chi connectivity index (χ1) is 7.72. The molecule has 0 spiro atoms. The van der Waals surface area contributed by atoms with E-state index in [1.807, 2.05) is 20.0 Å². The standard InChI is InChI=1S/C13H19FN2/c1-10-12(14)4-3-5-13(10)16-7-6-11(9-16)8-15-2/h3-5,11,15H,6-9H2,1-2H3. The van der Waals surface area contributed by atoms with E-state index in [0.717, 1.165) is 30.9 Å². The molecule has 2 rings (SSSR count). The molecule has 0 saturated carbocycles. The Bertz CT molecular complexity index is 365. The van der Waals surface area contributed by atoms with E-state index >= 15 is 0 Å². The number of hydrogen-bond acceptors (Lipinski definition) is 2. The molecule has 1 fully saturated rings. The summed E-state index contributed by atoms with van der Waals surface area (Å²) in [6.07, 6.45) is 1.19. The van der Waals surface area contributed by atoms with Gasteiger partial charge in [-0.1, -0.05) is 6.07 Å². The maximum absolute atomic E-state index is 13.4. The van der Waals surface area contributed by atoms with E-state index in [1.54, 1.807) is 6.07 Å². The van der Waals surface area contributed by atoms with E-state index in [1.165, 1.54) is 12.5 Å². The molecule has 0 aliphatic carbocycles. The van der Waals surface area contributed by atoms with Crippen LogP contribution in [-0.4, -0.2) is 26.7 Å². The fraction of sp³-hybridized carbons (Fsp3) is 0.538. The van der Waals surface area contributed by atoms with E-state index in [9.17, 15) is 4.39 Å². The van der Waals surface area contributed by atoms with Gasteiger partial charge in [-0.15, -0.1) is 0 Å². The summed E-state index contributed by atoms with van der Waals surface area (Å²) < 4.78 is 13.4. The lowest BCUT2D eigenvalue weighted by molar-refractivity contribution is 0.549. The number of nitrogens with one attached hydrogen (secondary N) is 1. The second-order valence-electron chi connectivity index (χ2n) is 4.54. The van der Waals surface area contributed by atoms with Crippen LogP contribution in [0.4, 0.5) is 10.1 Å². The van der Waals surface area contributed by atoms with Gasteiger partial charge in [0.15, 0.2) is 0 Å². The summed E-state index contributed by atoms with van der Waals surface area (Å²) in [5.74, 6) is 0.585. The summed E-state index contributed by atoms with van der Waals surface area (Å²) in [6.45, 7) is 4.97.